The lowest BCUT2D eigenvalue weighted by Gasteiger charge is -2.15. The van der Waals surface area contributed by atoms with E-state index in [4.69, 9.17) is 0 Å². The molecule has 0 aromatic carbocycles. The third-order valence-electron chi connectivity index (χ3n) is 2.82. The lowest BCUT2D eigenvalue weighted by atomic mass is 10.1. The number of aryl methyl sites for hydroxylation is 1. The van der Waals surface area contributed by atoms with Crippen LogP contribution in [0.5, 0.6) is 0 Å². The van der Waals surface area contributed by atoms with Gasteiger partial charge in [0.2, 0.25) is 0 Å². The van der Waals surface area contributed by atoms with Gasteiger partial charge in [-0.05, 0) is 38.2 Å². The molecule has 2 rings (SSSR count). The first kappa shape index (κ1) is 14.7. The second-order valence-electron chi connectivity index (χ2n) is 4.47. The number of pyridine rings is 1. The standard InChI is InChI=1S/C14H18N4OS/c1-4-15-10(3)11-6-5-7-16-13(11)20-14-17-9(2)8-12(19)18-14/h5-8,10,15H,4H2,1-3H3,(H,17,18,19). The molecule has 0 fully saturated rings. The summed E-state index contributed by atoms with van der Waals surface area (Å²) >= 11 is 1.38. The number of H-pyrrole nitrogens is 1. The minimum absolute atomic E-state index is 0.141. The van der Waals surface area contributed by atoms with E-state index in [0.29, 0.717) is 10.9 Å². The number of aromatic nitrogens is 3. The zero-order valence-corrected chi connectivity index (χ0v) is 12.6. The first-order chi connectivity index (χ1) is 9.60. The second-order valence-corrected chi connectivity index (χ2v) is 5.45. The zero-order chi connectivity index (χ0) is 14.5. The maximum atomic E-state index is 11.5. The zero-order valence-electron chi connectivity index (χ0n) is 11.8. The van der Waals surface area contributed by atoms with Crippen LogP contribution < -0.4 is 10.9 Å². The molecular weight excluding hydrogens is 272 g/mol. The molecular formula is C14H18N4OS. The molecule has 20 heavy (non-hydrogen) atoms. The summed E-state index contributed by atoms with van der Waals surface area (Å²) in [7, 11) is 0. The predicted octanol–water partition coefficient (Wildman–Crippen LogP) is 2.30. The van der Waals surface area contributed by atoms with Gasteiger partial charge in [0.15, 0.2) is 5.16 Å². The molecule has 0 saturated heterocycles. The Hall–Kier alpha value is -1.66. The summed E-state index contributed by atoms with van der Waals surface area (Å²) in [5.41, 5.74) is 1.66. The van der Waals surface area contributed by atoms with Crippen LogP contribution >= 0.6 is 11.8 Å². The van der Waals surface area contributed by atoms with E-state index in [9.17, 15) is 4.79 Å². The molecule has 0 aliphatic heterocycles. The normalized spacial score (nSPS) is 12.3. The topological polar surface area (TPSA) is 70.7 Å². The average Bonchev–Trinajstić information content (AvgIpc) is 2.38. The first-order valence-electron chi connectivity index (χ1n) is 6.54. The summed E-state index contributed by atoms with van der Waals surface area (Å²) in [6.07, 6.45) is 1.75. The molecule has 1 unspecified atom stereocenters. The molecule has 2 aromatic rings. The van der Waals surface area contributed by atoms with Gasteiger partial charge in [0.25, 0.3) is 5.56 Å². The minimum Gasteiger partial charge on any atom is -0.310 e. The van der Waals surface area contributed by atoms with Crippen molar-refractivity contribution in [3.8, 4) is 0 Å². The molecule has 0 aliphatic carbocycles. The predicted molar refractivity (Wildman–Crippen MR) is 80.0 cm³/mol. The highest BCUT2D eigenvalue weighted by Crippen LogP contribution is 2.28. The molecule has 0 aliphatic rings. The van der Waals surface area contributed by atoms with Crippen molar-refractivity contribution in [3.63, 3.8) is 0 Å². The Labute approximate surface area is 122 Å². The van der Waals surface area contributed by atoms with Crippen molar-refractivity contribution in [2.45, 2.75) is 37.0 Å². The van der Waals surface area contributed by atoms with E-state index < -0.39 is 0 Å². The molecule has 0 spiro atoms. The molecule has 1 atom stereocenters. The van der Waals surface area contributed by atoms with Gasteiger partial charge in [-0.3, -0.25) is 4.79 Å². The minimum atomic E-state index is -0.141. The fourth-order valence-electron chi connectivity index (χ4n) is 1.93. The average molecular weight is 290 g/mol. The van der Waals surface area contributed by atoms with E-state index in [2.05, 4.69) is 34.1 Å². The highest BCUT2D eigenvalue weighted by molar-refractivity contribution is 7.99. The monoisotopic (exact) mass is 290 g/mol. The van der Waals surface area contributed by atoms with E-state index in [1.165, 1.54) is 17.8 Å². The van der Waals surface area contributed by atoms with Crippen LogP contribution in [0.15, 0.2) is 39.4 Å². The van der Waals surface area contributed by atoms with Gasteiger partial charge in [0.05, 0.1) is 0 Å². The number of nitrogens with one attached hydrogen (secondary N) is 2. The molecule has 2 aromatic heterocycles. The van der Waals surface area contributed by atoms with Gasteiger partial charge in [-0.1, -0.05) is 13.0 Å². The van der Waals surface area contributed by atoms with Crippen molar-refractivity contribution in [1.29, 1.82) is 0 Å². The Balaban J connectivity index is 2.31. The van der Waals surface area contributed by atoms with Crippen LogP contribution in [0.2, 0.25) is 0 Å². The van der Waals surface area contributed by atoms with Gasteiger partial charge in [0, 0.05) is 29.6 Å². The number of rotatable bonds is 5. The van der Waals surface area contributed by atoms with Gasteiger partial charge < -0.3 is 10.3 Å². The number of hydrogen-bond acceptors (Lipinski definition) is 5. The third kappa shape index (κ3) is 3.68. The van der Waals surface area contributed by atoms with Gasteiger partial charge in [0.1, 0.15) is 5.03 Å². The molecule has 2 N–H and O–H groups in total. The van der Waals surface area contributed by atoms with Gasteiger partial charge in [-0.15, -0.1) is 0 Å². The van der Waals surface area contributed by atoms with Gasteiger partial charge in [-0.2, -0.15) is 0 Å². The second kappa shape index (κ2) is 6.67. The summed E-state index contributed by atoms with van der Waals surface area (Å²) in [6.45, 7) is 6.86. The third-order valence-corrected chi connectivity index (χ3v) is 3.74. The Morgan fingerprint density at radius 3 is 3.00 bits per heavy atom. The smallest absolute Gasteiger partial charge is 0.251 e. The van der Waals surface area contributed by atoms with Crippen LogP contribution in [0.25, 0.3) is 0 Å². The van der Waals surface area contributed by atoms with E-state index in [1.807, 2.05) is 12.1 Å². The molecule has 2 heterocycles. The Morgan fingerprint density at radius 2 is 2.30 bits per heavy atom. The Kier molecular flexibility index (Phi) is 4.92. The van der Waals surface area contributed by atoms with Crippen molar-refractivity contribution in [2.75, 3.05) is 6.54 Å². The van der Waals surface area contributed by atoms with E-state index >= 15 is 0 Å². The maximum absolute atomic E-state index is 11.5. The van der Waals surface area contributed by atoms with E-state index in [0.717, 1.165) is 17.1 Å². The maximum Gasteiger partial charge on any atom is 0.251 e. The van der Waals surface area contributed by atoms with Crippen LogP contribution in [-0.2, 0) is 0 Å². The van der Waals surface area contributed by atoms with Crippen LogP contribution in [0.4, 0.5) is 0 Å². The molecule has 0 bridgehead atoms. The summed E-state index contributed by atoms with van der Waals surface area (Å²) in [4.78, 5) is 22.9. The van der Waals surface area contributed by atoms with Crippen molar-refractivity contribution in [2.24, 2.45) is 0 Å². The van der Waals surface area contributed by atoms with Crippen molar-refractivity contribution in [1.82, 2.24) is 20.3 Å². The molecule has 0 saturated carbocycles. The largest absolute Gasteiger partial charge is 0.310 e. The quantitative estimate of drug-likeness (QED) is 0.827. The first-order valence-corrected chi connectivity index (χ1v) is 7.36. The number of hydrogen-bond donors (Lipinski definition) is 2. The molecule has 6 heteroatoms. The van der Waals surface area contributed by atoms with E-state index in [-0.39, 0.29) is 11.6 Å². The van der Waals surface area contributed by atoms with Crippen molar-refractivity contribution < 1.29 is 0 Å². The van der Waals surface area contributed by atoms with Crippen molar-refractivity contribution >= 4 is 11.8 Å². The van der Waals surface area contributed by atoms with Gasteiger partial charge >= 0.3 is 0 Å². The molecule has 0 radical (unpaired) electrons. The Bertz CT molecular complexity index is 641. The fraction of sp³-hybridized carbons (Fsp3) is 0.357. The number of aromatic amines is 1. The SMILES string of the molecule is CCNC(C)c1cccnc1Sc1nc(C)cc(=O)[nH]1. The highest BCUT2D eigenvalue weighted by atomic mass is 32.2. The number of nitrogens with zero attached hydrogens (tertiary/aromatic N) is 2. The molecule has 0 amide bonds. The molecule has 106 valence electrons. The van der Waals surface area contributed by atoms with Crippen molar-refractivity contribution in [3.05, 3.63) is 46.0 Å². The van der Waals surface area contributed by atoms with Crippen LogP contribution in [0.1, 0.15) is 31.1 Å². The van der Waals surface area contributed by atoms with Crippen LogP contribution in [0, 0.1) is 6.92 Å². The van der Waals surface area contributed by atoms with Crippen LogP contribution in [-0.4, -0.2) is 21.5 Å². The van der Waals surface area contributed by atoms with Gasteiger partial charge in [-0.25, -0.2) is 9.97 Å². The highest BCUT2D eigenvalue weighted by Gasteiger charge is 2.12. The summed E-state index contributed by atoms with van der Waals surface area (Å²) < 4.78 is 0. The molecule has 5 nitrogen and oxygen atoms in total. The van der Waals surface area contributed by atoms with Crippen LogP contribution in [0.3, 0.4) is 0 Å². The Morgan fingerprint density at radius 1 is 1.50 bits per heavy atom. The summed E-state index contributed by atoms with van der Waals surface area (Å²) in [5, 5.41) is 4.79. The lowest BCUT2D eigenvalue weighted by molar-refractivity contribution is 0.585. The summed E-state index contributed by atoms with van der Waals surface area (Å²) in [6, 6.07) is 5.63. The lowest BCUT2D eigenvalue weighted by Crippen LogP contribution is -2.18. The summed E-state index contributed by atoms with van der Waals surface area (Å²) in [5.74, 6) is 0. The van der Waals surface area contributed by atoms with E-state index in [1.54, 1.807) is 13.1 Å². The fourth-order valence-corrected chi connectivity index (χ4v) is 2.93.